The van der Waals surface area contributed by atoms with Crippen molar-refractivity contribution in [2.45, 2.75) is 44.3 Å². The fourth-order valence-electron chi connectivity index (χ4n) is 3.65. The molecular formula is C27H29ClIN3O4S. The molecule has 7 nitrogen and oxygen atoms in total. The van der Waals surface area contributed by atoms with E-state index in [9.17, 15) is 18.0 Å². The summed E-state index contributed by atoms with van der Waals surface area (Å²) in [5.74, 6) is -0.883. The lowest BCUT2D eigenvalue weighted by atomic mass is 10.1. The van der Waals surface area contributed by atoms with Gasteiger partial charge in [-0.05, 0) is 91.4 Å². The van der Waals surface area contributed by atoms with Gasteiger partial charge in [0.25, 0.3) is 10.0 Å². The summed E-state index contributed by atoms with van der Waals surface area (Å²) in [6.07, 6.45) is 0. The number of carbonyl (C=O) groups is 2. The minimum Gasteiger partial charge on any atom is -0.352 e. The molecule has 2 amide bonds. The van der Waals surface area contributed by atoms with Gasteiger partial charge >= 0.3 is 0 Å². The molecule has 10 heteroatoms. The minimum absolute atomic E-state index is 0.0388. The summed E-state index contributed by atoms with van der Waals surface area (Å²) < 4.78 is 29.4. The van der Waals surface area contributed by atoms with Gasteiger partial charge in [0.15, 0.2) is 0 Å². The molecule has 0 aromatic heterocycles. The van der Waals surface area contributed by atoms with Gasteiger partial charge in [-0.3, -0.25) is 13.9 Å². The van der Waals surface area contributed by atoms with Crippen LogP contribution in [0.15, 0.2) is 83.8 Å². The van der Waals surface area contributed by atoms with Crippen LogP contribution in [-0.2, 0) is 26.2 Å². The number of rotatable bonds is 10. The molecule has 0 radical (unpaired) electrons. The molecular weight excluding hydrogens is 625 g/mol. The van der Waals surface area contributed by atoms with Crippen LogP contribution in [0.2, 0.25) is 5.02 Å². The summed E-state index contributed by atoms with van der Waals surface area (Å²) in [6, 6.07) is 20.8. The van der Waals surface area contributed by atoms with Crippen molar-refractivity contribution in [2.75, 3.05) is 10.8 Å². The van der Waals surface area contributed by atoms with E-state index in [0.717, 1.165) is 7.88 Å². The fourth-order valence-corrected chi connectivity index (χ4v) is 5.64. The molecule has 196 valence electrons. The second kappa shape index (κ2) is 12.7. The lowest BCUT2D eigenvalue weighted by Crippen LogP contribution is -2.52. The van der Waals surface area contributed by atoms with Crippen LogP contribution in [0.3, 0.4) is 0 Å². The van der Waals surface area contributed by atoms with Gasteiger partial charge in [0.1, 0.15) is 12.6 Å². The predicted molar refractivity (Wildman–Crippen MR) is 155 cm³/mol. The van der Waals surface area contributed by atoms with Crippen molar-refractivity contribution in [3.63, 3.8) is 0 Å². The third-order valence-electron chi connectivity index (χ3n) is 5.62. The van der Waals surface area contributed by atoms with Crippen LogP contribution in [0.25, 0.3) is 0 Å². The highest BCUT2D eigenvalue weighted by atomic mass is 127. The van der Waals surface area contributed by atoms with Crippen molar-refractivity contribution in [3.05, 3.63) is 93.0 Å². The lowest BCUT2D eigenvalue weighted by molar-refractivity contribution is -0.139. The molecule has 1 atom stereocenters. The van der Waals surface area contributed by atoms with E-state index < -0.39 is 28.5 Å². The number of carbonyl (C=O) groups excluding carboxylic acids is 2. The summed E-state index contributed by atoms with van der Waals surface area (Å²) in [6.45, 7) is 4.82. The monoisotopic (exact) mass is 653 g/mol. The van der Waals surface area contributed by atoms with Crippen LogP contribution in [0.5, 0.6) is 0 Å². The summed E-state index contributed by atoms with van der Waals surface area (Å²) in [7, 11) is -4.08. The molecule has 0 saturated carbocycles. The number of amides is 2. The van der Waals surface area contributed by atoms with Gasteiger partial charge in [0, 0.05) is 21.2 Å². The Morgan fingerprint density at radius 2 is 1.51 bits per heavy atom. The van der Waals surface area contributed by atoms with Crippen molar-refractivity contribution in [1.29, 1.82) is 0 Å². The Kier molecular flexibility index (Phi) is 9.97. The van der Waals surface area contributed by atoms with Crippen molar-refractivity contribution in [2.24, 2.45) is 0 Å². The smallest absolute Gasteiger partial charge is 0.264 e. The Balaban J connectivity index is 2.02. The number of halogens is 2. The first-order valence-electron chi connectivity index (χ1n) is 11.7. The third kappa shape index (κ3) is 7.45. The molecule has 0 aliphatic heterocycles. The van der Waals surface area contributed by atoms with E-state index in [4.69, 9.17) is 11.6 Å². The molecule has 0 fully saturated rings. The zero-order valence-electron chi connectivity index (χ0n) is 20.8. The van der Waals surface area contributed by atoms with E-state index in [1.54, 1.807) is 73.7 Å². The zero-order valence-corrected chi connectivity index (χ0v) is 24.5. The molecule has 0 heterocycles. The van der Waals surface area contributed by atoms with Gasteiger partial charge in [0.2, 0.25) is 11.8 Å². The number of nitrogens with zero attached hydrogens (tertiary/aromatic N) is 2. The second-order valence-electron chi connectivity index (χ2n) is 8.75. The molecule has 0 aliphatic carbocycles. The molecule has 1 N–H and O–H groups in total. The van der Waals surface area contributed by atoms with E-state index in [-0.39, 0.29) is 23.4 Å². The number of hydrogen-bond acceptors (Lipinski definition) is 4. The Morgan fingerprint density at radius 1 is 0.919 bits per heavy atom. The van der Waals surface area contributed by atoms with E-state index >= 15 is 0 Å². The van der Waals surface area contributed by atoms with Crippen LogP contribution in [-0.4, -0.2) is 43.8 Å². The van der Waals surface area contributed by atoms with Gasteiger partial charge < -0.3 is 10.2 Å². The maximum Gasteiger partial charge on any atom is 0.264 e. The molecule has 3 aromatic carbocycles. The molecule has 0 unspecified atom stereocenters. The van der Waals surface area contributed by atoms with Crippen molar-refractivity contribution in [1.82, 2.24) is 10.2 Å². The highest BCUT2D eigenvalue weighted by molar-refractivity contribution is 14.1. The first-order valence-corrected chi connectivity index (χ1v) is 14.6. The van der Waals surface area contributed by atoms with E-state index in [0.29, 0.717) is 16.3 Å². The second-order valence-corrected chi connectivity index (χ2v) is 12.3. The summed E-state index contributed by atoms with van der Waals surface area (Å²) in [5, 5.41) is 3.27. The number of anilines is 1. The van der Waals surface area contributed by atoms with Gasteiger partial charge in [-0.2, -0.15) is 0 Å². The van der Waals surface area contributed by atoms with Gasteiger partial charge in [-0.25, -0.2) is 8.42 Å². The van der Waals surface area contributed by atoms with Gasteiger partial charge in [0.05, 0.1) is 10.6 Å². The van der Waals surface area contributed by atoms with E-state index in [2.05, 4.69) is 27.9 Å². The average molecular weight is 654 g/mol. The predicted octanol–water partition coefficient (Wildman–Crippen LogP) is 5.08. The molecule has 3 rings (SSSR count). The Hall–Kier alpha value is -2.63. The van der Waals surface area contributed by atoms with Crippen LogP contribution in [0.1, 0.15) is 26.3 Å². The first-order chi connectivity index (χ1) is 17.5. The average Bonchev–Trinajstić information content (AvgIpc) is 2.87. The zero-order chi connectivity index (χ0) is 27.2. The third-order valence-corrected chi connectivity index (χ3v) is 8.50. The number of benzene rings is 3. The van der Waals surface area contributed by atoms with Gasteiger partial charge in [-0.1, -0.05) is 48.0 Å². The molecule has 0 saturated heterocycles. The number of hydrogen-bond donors (Lipinski definition) is 1. The van der Waals surface area contributed by atoms with Gasteiger partial charge in [-0.15, -0.1) is 0 Å². The maximum atomic E-state index is 13.8. The number of nitrogens with one attached hydrogen (secondary N) is 1. The van der Waals surface area contributed by atoms with E-state index in [1.165, 1.54) is 17.0 Å². The standard InChI is InChI=1S/C27H29ClIN3O4S/c1-19(2)30-27(34)20(3)31(17-21-9-7-8-12-25(21)28)26(33)18-32(23-15-13-22(29)14-16-23)37(35,36)24-10-5-4-6-11-24/h4-16,19-20H,17-18H2,1-3H3,(H,30,34)/t20-/m1/s1. The van der Waals surface area contributed by atoms with Crippen molar-refractivity contribution < 1.29 is 18.0 Å². The van der Waals surface area contributed by atoms with Crippen LogP contribution >= 0.6 is 34.2 Å². The largest absolute Gasteiger partial charge is 0.352 e. The van der Waals surface area contributed by atoms with Crippen molar-refractivity contribution in [3.8, 4) is 0 Å². The first kappa shape index (κ1) is 28.9. The fraction of sp³-hybridized carbons (Fsp3) is 0.259. The lowest BCUT2D eigenvalue weighted by Gasteiger charge is -2.32. The summed E-state index contributed by atoms with van der Waals surface area (Å²) in [4.78, 5) is 28.2. The Labute approximate surface area is 237 Å². The maximum absolute atomic E-state index is 13.8. The Morgan fingerprint density at radius 3 is 2.11 bits per heavy atom. The SMILES string of the molecule is CC(C)NC(=O)[C@@H](C)N(Cc1ccccc1Cl)C(=O)CN(c1ccc(I)cc1)S(=O)(=O)c1ccccc1. The van der Waals surface area contributed by atoms with Crippen LogP contribution in [0, 0.1) is 3.57 Å². The topological polar surface area (TPSA) is 86.8 Å². The molecule has 37 heavy (non-hydrogen) atoms. The molecule has 0 spiro atoms. The summed E-state index contributed by atoms with van der Waals surface area (Å²) in [5.41, 5.74) is 0.989. The van der Waals surface area contributed by atoms with E-state index in [1.807, 2.05) is 13.8 Å². The minimum atomic E-state index is -4.08. The van der Waals surface area contributed by atoms with Crippen molar-refractivity contribution >= 4 is 61.7 Å². The highest BCUT2D eigenvalue weighted by Gasteiger charge is 2.32. The molecule has 0 bridgehead atoms. The summed E-state index contributed by atoms with van der Waals surface area (Å²) >= 11 is 8.49. The highest BCUT2D eigenvalue weighted by Crippen LogP contribution is 2.26. The Bertz CT molecular complexity index is 1340. The quantitative estimate of drug-likeness (QED) is 0.309. The number of sulfonamides is 1. The van der Waals surface area contributed by atoms with Crippen LogP contribution in [0.4, 0.5) is 5.69 Å². The molecule has 3 aromatic rings. The molecule has 0 aliphatic rings. The van der Waals surface area contributed by atoms with Crippen LogP contribution < -0.4 is 9.62 Å². The normalized spacial score (nSPS) is 12.2.